The van der Waals surface area contributed by atoms with Crippen LogP contribution in [0.25, 0.3) is 0 Å². The van der Waals surface area contributed by atoms with E-state index in [1.54, 1.807) is 18.4 Å². The summed E-state index contributed by atoms with van der Waals surface area (Å²) in [5.74, 6) is 0. The number of alkyl halides is 1. The summed E-state index contributed by atoms with van der Waals surface area (Å²) in [6.45, 7) is 2.86. The number of methoxy groups -OCH3 is 1. The van der Waals surface area contributed by atoms with Crippen molar-refractivity contribution < 1.29 is 4.74 Å². The Balaban J connectivity index is 2.12. The van der Waals surface area contributed by atoms with E-state index in [-0.39, 0.29) is 5.38 Å². The predicted molar refractivity (Wildman–Crippen MR) is 78.8 cm³/mol. The van der Waals surface area contributed by atoms with Gasteiger partial charge in [0.05, 0.1) is 12.0 Å². The standard InChI is InChI=1S/C15H17ClOS/c1-11-9-18-10-14(11)15(16)13-5-3-12(4-6-13)7-8-17-2/h3-6,9-10,15H,7-8H2,1-2H3. The molecule has 0 aliphatic rings. The number of ether oxygens (including phenoxy) is 1. The lowest BCUT2D eigenvalue weighted by molar-refractivity contribution is 0.202. The fourth-order valence-electron chi connectivity index (χ4n) is 1.88. The number of thiophene rings is 1. The summed E-state index contributed by atoms with van der Waals surface area (Å²) >= 11 is 8.22. The maximum absolute atomic E-state index is 6.52. The molecule has 1 atom stereocenters. The Labute approximate surface area is 117 Å². The molecule has 1 aromatic carbocycles. The van der Waals surface area contributed by atoms with Crippen molar-refractivity contribution in [3.63, 3.8) is 0 Å². The molecule has 0 aliphatic heterocycles. The summed E-state index contributed by atoms with van der Waals surface area (Å²) in [5, 5.41) is 4.22. The molecule has 0 saturated heterocycles. The van der Waals surface area contributed by atoms with Gasteiger partial charge in [0.2, 0.25) is 0 Å². The van der Waals surface area contributed by atoms with Gasteiger partial charge < -0.3 is 4.74 Å². The third-order valence-electron chi connectivity index (χ3n) is 3.04. The van der Waals surface area contributed by atoms with Crippen molar-refractivity contribution in [3.8, 4) is 0 Å². The molecule has 0 saturated carbocycles. The summed E-state index contributed by atoms with van der Waals surface area (Å²) < 4.78 is 5.07. The molecule has 96 valence electrons. The van der Waals surface area contributed by atoms with Gasteiger partial charge in [0.1, 0.15) is 0 Å². The van der Waals surface area contributed by atoms with Gasteiger partial charge in [0.25, 0.3) is 0 Å². The summed E-state index contributed by atoms with van der Waals surface area (Å²) in [6.07, 6.45) is 0.946. The van der Waals surface area contributed by atoms with Gasteiger partial charge in [0.15, 0.2) is 0 Å². The van der Waals surface area contributed by atoms with Gasteiger partial charge in [0, 0.05) is 7.11 Å². The molecule has 3 heteroatoms. The molecule has 0 spiro atoms. The second-order valence-corrected chi connectivity index (χ2v) is 5.54. The van der Waals surface area contributed by atoms with Gasteiger partial charge in [-0.15, -0.1) is 11.6 Å². The van der Waals surface area contributed by atoms with Crippen LogP contribution in [0.5, 0.6) is 0 Å². The van der Waals surface area contributed by atoms with Crippen LogP contribution in [0.2, 0.25) is 0 Å². The van der Waals surface area contributed by atoms with Crippen LogP contribution in [0.15, 0.2) is 35.0 Å². The monoisotopic (exact) mass is 280 g/mol. The molecular weight excluding hydrogens is 264 g/mol. The Morgan fingerprint density at radius 1 is 1.22 bits per heavy atom. The molecule has 1 heterocycles. The summed E-state index contributed by atoms with van der Waals surface area (Å²) in [7, 11) is 1.72. The molecule has 2 aromatic rings. The molecule has 1 aromatic heterocycles. The Bertz CT molecular complexity index is 489. The van der Waals surface area contributed by atoms with Gasteiger partial charge in [-0.1, -0.05) is 24.3 Å². The van der Waals surface area contributed by atoms with E-state index in [2.05, 4.69) is 41.9 Å². The molecular formula is C15H17ClOS. The average molecular weight is 281 g/mol. The highest BCUT2D eigenvalue weighted by Gasteiger charge is 2.13. The fraction of sp³-hybridized carbons (Fsp3) is 0.333. The third kappa shape index (κ3) is 3.14. The third-order valence-corrected chi connectivity index (χ3v) is 4.40. The predicted octanol–water partition coefficient (Wildman–Crippen LogP) is 4.57. The van der Waals surface area contributed by atoms with Crippen molar-refractivity contribution in [1.29, 1.82) is 0 Å². The molecule has 2 rings (SSSR count). The van der Waals surface area contributed by atoms with E-state index in [1.165, 1.54) is 16.7 Å². The largest absolute Gasteiger partial charge is 0.384 e. The van der Waals surface area contributed by atoms with Crippen molar-refractivity contribution in [2.24, 2.45) is 0 Å². The summed E-state index contributed by atoms with van der Waals surface area (Å²) in [4.78, 5) is 0. The Hall–Kier alpha value is -0.830. The van der Waals surface area contributed by atoms with E-state index in [1.807, 2.05) is 0 Å². The smallest absolute Gasteiger partial charge is 0.0846 e. The number of rotatable bonds is 5. The lowest BCUT2D eigenvalue weighted by Crippen LogP contribution is -1.97. The minimum atomic E-state index is -0.0484. The highest BCUT2D eigenvalue weighted by atomic mass is 35.5. The maximum Gasteiger partial charge on any atom is 0.0846 e. The Kier molecular flexibility index (Phi) is 4.81. The minimum Gasteiger partial charge on any atom is -0.384 e. The van der Waals surface area contributed by atoms with Gasteiger partial charge >= 0.3 is 0 Å². The topological polar surface area (TPSA) is 9.23 Å². The van der Waals surface area contributed by atoms with Gasteiger partial charge in [-0.05, 0) is 46.4 Å². The minimum absolute atomic E-state index is 0.0484. The van der Waals surface area contributed by atoms with Crippen LogP contribution in [0.1, 0.15) is 27.6 Å². The number of aryl methyl sites for hydroxylation is 1. The molecule has 18 heavy (non-hydrogen) atoms. The number of hydrogen-bond acceptors (Lipinski definition) is 2. The summed E-state index contributed by atoms with van der Waals surface area (Å²) in [6, 6.07) is 8.48. The molecule has 0 radical (unpaired) electrons. The van der Waals surface area contributed by atoms with E-state index in [0.29, 0.717) is 0 Å². The van der Waals surface area contributed by atoms with Gasteiger partial charge in [-0.25, -0.2) is 0 Å². The number of hydrogen-bond donors (Lipinski definition) is 0. The van der Waals surface area contributed by atoms with Crippen molar-refractivity contribution in [2.45, 2.75) is 18.7 Å². The molecule has 0 amide bonds. The molecule has 0 fully saturated rings. The SMILES string of the molecule is COCCc1ccc(C(Cl)c2cscc2C)cc1. The maximum atomic E-state index is 6.52. The van der Waals surface area contributed by atoms with E-state index >= 15 is 0 Å². The van der Waals surface area contributed by atoms with E-state index in [4.69, 9.17) is 16.3 Å². The van der Waals surface area contributed by atoms with E-state index in [0.717, 1.165) is 18.6 Å². The first-order chi connectivity index (χ1) is 8.72. The van der Waals surface area contributed by atoms with Crippen LogP contribution in [0.4, 0.5) is 0 Å². The molecule has 1 unspecified atom stereocenters. The van der Waals surface area contributed by atoms with Crippen LogP contribution in [0.3, 0.4) is 0 Å². The zero-order valence-electron chi connectivity index (χ0n) is 10.7. The van der Waals surface area contributed by atoms with Crippen molar-refractivity contribution in [1.82, 2.24) is 0 Å². The Morgan fingerprint density at radius 2 is 1.94 bits per heavy atom. The van der Waals surface area contributed by atoms with Crippen LogP contribution in [-0.2, 0) is 11.2 Å². The van der Waals surface area contributed by atoms with Crippen LogP contribution in [0, 0.1) is 6.92 Å². The first kappa shape index (κ1) is 13.6. The molecule has 0 aliphatic carbocycles. The van der Waals surface area contributed by atoms with Gasteiger partial charge in [-0.2, -0.15) is 11.3 Å². The lowest BCUT2D eigenvalue weighted by atomic mass is 10.0. The zero-order valence-corrected chi connectivity index (χ0v) is 12.2. The van der Waals surface area contributed by atoms with Crippen molar-refractivity contribution in [2.75, 3.05) is 13.7 Å². The first-order valence-electron chi connectivity index (χ1n) is 5.97. The van der Waals surface area contributed by atoms with Gasteiger partial charge in [-0.3, -0.25) is 0 Å². The Morgan fingerprint density at radius 3 is 2.50 bits per heavy atom. The first-order valence-corrected chi connectivity index (χ1v) is 7.35. The lowest BCUT2D eigenvalue weighted by Gasteiger charge is -2.10. The number of halogens is 1. The molecule has 0 bridgehead atoms. The second kappa shape index (κ2) is 6.37. The quantitative estimate of drug-likeness (QED) is 0.729. The fourth-order valence-corrected chi connectivity index (χ4v) is 3.21. The zero-order chi connectivity index (χ0) is 13.0. The average Bonchev–Trinajstić information content (AvgIpc) is 2.82. The molecule has 0 N–H and O–H groups in total. The van der Waals surface area contributed by atoms with Crippen LogP contribution in [-0.4, -0.2) is 13.7 Å². The van der Waals surface area contributed by atoms with Crippen molar-refractivity contribution in [3.05, 3.63) is 57.3 Å². The highest BCUT2D eigenvalue weighted by molar-refractivity contribution is 7.08. The van der Waals surface area contributed by atoms with E-state index < -0.39 is 0 Å². The van der Waals surface area contributed by atoms with E-state index in [9.17, 15) is 0 Å². The van der Waals surface area contributed by atoms with Crippen LogP contribution >= 0.6 is 22.9 Å². The number of benzene rings is 1. The second-order valence-electron chi connectivity index (χ2n) is 4.36. The molecule has 1 nitrogen and oxygen atoms in total. The normalized spacial score (nSPS) is 12.6. The highest BCUT2D eigenvalue weighted by Crippen LogP contribution is 2.32. The summed E-state index contributed by atoms with van der Waals surface area (Å²) in [5.41, 5.74) is 4.92. The van der Waals surface area contributed by atoms with Crippen molar-refractivity contribution >= 4 is 22.9 Å². The van der Waals surface area contributed by atoms with Crippen LogP contribution < -0.4 is 0 Å².